The summed E-state index contributed by atoms with van der Waals surface area (Å²) in [6, 6.07) is 24.2. The van der Waals surface area contributed by atoms with Gasteiger partial charge < -0.3 is 14.6 Å². The molecule has 5 aromatic rings. The predicted molar refractivity (Wildman–Crippen MR) is 156 cm³/mol. The van der Waals surface area contributed by atoms with Crippen LogP contribution in [0, 0.1) is 5.82 Å². The minimum Gasteiger partial charge on any atom is -0.494 e. The normalized spacial score (nSPS) is 12.9. The molecule has 202 valence electrons. The first-order chi connectivity index (χ1) is 19.0. The molecular formula is C31H26ClFN4O3. The van der Waals surface area contributed by atoms with E-state index in [1.807, 2.05) is 71.4 Å². The lowest BCUT2D eigenvalue weighted by molar-refractivity contribution is -0.124. The summed E-state index contributed by atoms with van der Waals surface area (Å²) < 4.78 is 21.7. The number of halogens is 2. The van der Waals surface area contributed by atoms with Gasteiger partial charge in [0, 0.05) is 35.6 Å². The number of carbonyl (C=O) groups is 2. The number of nitrogens with one attached hydrogen (secondary N) is 1. The van der Waals surface area contributed by atoms with Gasteiger partial charge in [0.15, 0.2) is 11.6 Å². The van der Waals surface area contributed by atoms with Crippen molar-refractivity contribution in [3.8, 4) is 11.4 Å². The minimum atomic E-state index is -0.356. The molecule has 0 radical (unpaired) electrons. The van der Waals surface area contributed by atoms with E-state index in [4.69, 9.17) is 4.74 Å². The van der Waals surface area contributed by atoms with Gasteiger partial charge >= 0.3 is 0 Å². The SMILES string of the molecule is COc1cccc(CCc2nccn2-c2ccc(N3C(=O)CC(=O)Nc4c3ccc3ccccc43)cc2)c1F.Cl. The average molecular weight is 557 g/mol. The Bertz CT molecular complexity index is 1720. The zero-order valence-corrected chi connectivity index (χ0v) is 22.5. The first kappa shape index (κ1) is 26.9. The molecule has 0 saturated carbocycles. The summed E-state index contributed by atoms with van der Waals surface area (Å²) in [5.41, 5.74) is 3.31. The number of aryl methyl sites for hydroxylation is 2. The van der Waals surface area contributed by atoms with E-state index in [0.29, 0.717) is 35.5 Å². The molecule has 0 spiro atoms. The maximum absolute atomic E-state index is 14.6. The van der Waals surface area contributed by atoms with Crippen LogP contribution in [0.2, 0.25) is 0 Å². The van der Waals surface area contributed by atoms with Crippen molar-refractivity contribution in [3.05, 3.63) is 108 Å². The van der Waals surface area contributed by atoms with E-state index >= 15 is 0 Å². The van der Waals surface area contributed by atoms with E-state index < -0.39 is 0 Å². The van der Waals surface area contributed by atoms with Crippen LogP contribution in [0.25, 0.3) is 16.5 Å². The van der Waals surface area contributed by atoms with Crippen LogP contribution in [0.5, 0.6) is 5.75 Å². The van der Waals surface area contributed by atoms with Gasteiger partial charge in [-0.15, -0.1) is 12.4 Å². The number of anilines is 3. The van der Waals surface area contributed by atoms with Gasteiger partial charge in [0.25, 0.3) is 0 Å². The third-order valence-corrected chi connectivity index (χ3v) is 6.96. The predicted octanol–water partition coefficient (Wildman–Crippen LogP) is 6.39. The number of amides is 2. The monoisotopic (exact) mass is 556 g/mol. The fourth-order valence-electron chi connectivity index (χ4n) is 5.07. The molecule has 1 aliphatic rings. The van der Waals surface area contributed by atoms with Crippen LogP contribution >= 0.6 is 12.4 Å². The van der Waals surface area contributed by atoms with Crippen LogP contribution in [0.15, 0.2) is 91.3 Å². The zero-order valence-electron chi connectivity index (χ0n) is 21.6. The highest BCUT2D eigenvalue weighted by atomic mass is 35.5. The van der Waals surface area contributed by atoms with Crippen LogP contribution in [0.4, 0.5) is 21.5 Å². The third-order valence-electron chi connectivity index (χ3n) is 6.96. The summed E-state index contributed by atoms with van der Waals surface area (Å²) in [5.74, 6) is -0.000769. The number of nitrogens with zero attached hydrogens (tertiary/aromatic N) is 3. The zero-order chi connectivity index (χ0) is 26.9. The Labute approximate surface area is 236 Å². The number of benzene rings is 4. The molecule has 0 aliphatic carbocycles. The van der Waals surface area contributed by atoms with Gasteiger partial charge in [0.1, 0.15) is 12.2 Å². The molecule has 1 N–H and O–H groups in total. The van der Waals surface area contributed by atoms with E-state index in [1.54, 1.807) is 29.3 Å². The number of imidazole rings is 1. The van der Waals surface area contributed by atoms with Crippen LogP contribution in [-0.4, -0.2) is 28.5 Å². The van der Waals surface area contributed by atoms with E-state index in [9.17, 15) is 14.0 Å². The van der Waals surface area contributed by atoms with Gasteiger partial charge in [-0.05, 0) is 53.8 Å². The molecule has 2 heterocycles. The summed E-state index contributed by atoms with van der Waals surface area (Å²) >= 11 is 0. The maximum Gasteiger partial charge on any atom is 0.241 e. The van der Waals surface area contributed by atoms with Crippen LogP contribution in [0.1, 0.15) is 17.8 Å². The lowest BCUT2D eigenvalue weighted by Gasteiger charge is -2.23. The highest BCUT2D eigenvalue weighted by Gasteiger charge is 2.28. The van der Waals surface area contributed by atoms with E-state index in [0.717, 1.165) is 22.3 Å². The Morgan fingerprint density at radius 3 is 2.50 bits per heavy atom. The number of methoxy groups -OCH3 is 1. The highest BCUT2D eigenvalue weighted by Crippen LogP contribution is 2.40. The largest absolute Gasteiger partial charge is 0.494 e. The maximum atomic E-state index is 14.6. The lowest BCUT2D eigenvalue weighted by atomic mass is 10.1. The fourth-order valence-corrected chi connectivity index (χ4v) is 5.07. The third kappa shape index (κ3) is 4.89. The molecular weight excluding hydrogens is 531 g/mol. The second kappa shape index (κ2) is 11.2. The Hall–Kier alpha value is -4.69. The second-order valence-corrected chi connectivity index (χ2v) is 9.30. The Morgan fingerprint density at radius 2 is 1.70 bits per heavy atom. The number of fused-ring (bicyclic) bond motifs is 3. The molecule has 0 atom stereocenters. The molecule has 2 amide bonds. The number of hydrogen-bond donors (Lipinski definition) is 1. The number of rotatable bonds is 6. The van der Waals surface area contributed by atoms with Crippen LogP contribution in [-0.2, 0) is 22.4 Å². The Balaban J connectivity index is 0.00000323. The average Bonchev–Trinajstić information content (AvgIpc) is 3.37. The molecule has 7 nitrogen and oxygen atoms in total. The standard InChI is InChI=1S/C31H25FN4O3.ClH/c1-39-26-8-4-6-21(30(26)32)10-16-27-33-17-18-35(27)22-11-13-23(14-12-22)36-25-15-9-20-5-2-3-7-24(20)31(25)34-28(37)19-29(36)38;/h2-9,11-15,17-18H,10,16,19H2,1H3,(H,34,37);1H. The van der Waals surface area contributed by atoms with Crippen molar-refractivity contribution in [2.45, 2.75) is 19.3 Å². The number of hydrogen-bond acceptors (Lipinski definition) is 4. The molecule has 4 aromatic carbocycles. The van der Waals surface area contributed by atoms with E-state index in [-0.39, 0.29) is 42.2 Å². The number of aromatic nitrogens is 2. The van der Waals surface area contributed by atoms with Crippen molar-refractivity contribution in [2.24, 2.45) is 0 Å². The van der Waals surface area contributed by atoms with Gasteiger partial charge in [0.2, 0.25) is 11.8 Å². The fraction of sp³-hybridized carbons (Fsp3) is 0.129. The van der Waals surface area contributed by atoms with Crippen molar-refractivity contribution in [3.63, 3.8) is 0 Å². The van der Waals surface area contributed by atoms with Crippen LogP contribution in [0.3, 0.4) is 0 Å². The Kier molecular flexibility index (Phi) is 7.53. The van der Waals surface area contributed by atoms with E-state index in [1.165, 1.54) is 7.11 Å². The molecule has 40 heavy (non-hydrogen) atoms. The summed E-state index contributed by atoms with van der Waals surface area (Å²) in [6.45, 7) is 0. The molecule has 0 bridgehead atoms. The lowest BCUT2D eigenvalue weighted by Crippen LogP contribution is -2.26. The summed E-state index contributed by atoms with van der Waals surface area (Å²) in [7, 11) is 1.45. The van der Waals surface area contributed by atoms with Gasteiger partial charge in [0.05, 0.1) is 18.5 Å². The summed E-state index contributed by atoms with van der Waals surface area (Å²) in [6.07, 6.45) is 4.30. The van der Waals surface area contributed by atoms with Gasteiger partial charge in [-0.1, -0.05) is 42.5 Å². The van der Waals surface area contributed by atoms with Gasteiger partial charge in [-0.3, -0.25) is 14.5 Å². The molecule has 1 aliphatic heterocycles. The Morgan fingerprint density at radius 1 is 0.925 bits per heavy atom. The molecule has 0 unspecified atom stereocenters. The first-order valence-corrected chi connectivity index (χ1v) is 12.6. The smallest absolute Gasteiger partial charge is 0.241 e. The molecule has 0 fully saturated rings. The highest BCUT2D eigenvalue weighted by molar-refractivity contribution is 6.21. The topological polar surface area (TPSA) is 76.5 Å². The molecule has 6 rings (SSSR count). The van der Waals surface area contributed by atoms with Crippen molar-refractivity contribution < 1.29 is 18.7 Å². The van der Waals surface area contributed by atoms with Crippen molar-refractivity contribution in [1.82, 2.24) is 9.55 Å². The quantitative estimate of drug-likeness (QED) is 0.246. The van der Waals surface area contributed by atoms with Gasteiger partial charge in [-0.25, -0.2) is 9.37 Å². The summed E-state index contributed by atoms with van der Waals surface area (Å²) in [4.78, 5) is 31.8. The molecule has 9 heteroatoms. The second-order valence-electron chi connectivity index (χ2n) is 9.30. The van der Waals surface area contributed by atoms with Crippen molar-refractivity contribution >= 4 is 52.1 Å². The van der Waals surface area contributed by atoms with Crippen molar-refractivity contribution in [1.29, 1.82) is 0 Å². The molecule has 1 aromatic heterocycles. The van der Waals surface area contributed by atoms with Crippen molar-refractivity contribution in [2.75, 3.05) is 17.3 Å². The number of carbonyl (C=O) groups excluding carboxylic acids is 2. The minimum absolute atomic E-state index is 0. The number of ether oxygens (including phenoxy) is 1. The molecule has 0 saturated heterocycles. The first-order valence-electron chi connectivity index (χ1n) is 12.6. The summed E-state index contributed by atoms with van der Waals surface area (Å²) in [5, 5.41) is 4.77. The van der Waals surface area contributed by atoms with E-state index in [2.05, 4.69) is 10.3 Å². The van der Waals surface area contributed by atoms with Crippen LogP contribution < -0.4 is 15.0 Å². The van der Waals surface area contributed by atoms with Gasteiger partial charge in [-0.2, -0.15) is 0 Å².